The minimum Gasteiger partial charge on any atom is -0.355 e. The second-order valence-corrected chi connectivity index (χ2v) is 6.71. The molecule has 5 nitrogen and oxygen atoms in total. The fourth-order valence-electron chi connectivity index (χ4n) is 1.34. The summed E-state index contributed by atoms with van der Waals surface area (Å²) in [6.45, 7) is 2.19. The van der Waals surface area contributed by atoms with Crippen molar-refractivity contribution in [2.75, 3.05) is 24.6 Å². The van der Waals surface area contributed by atoms with E-state index in [1.54, 1.807) is 6.92 Å². The summed E-state index contributed by atoms with van der Waals surface area (Å²) in [6.07, 6.45) is 2.05. The molecule has 1 fully saturated rings. The minimum absolute atomic E-state index is 0.0343. The topological polar surface area (TPSA) is 89.3 Å². The molecule has 1 unspecified atom stereocenters. The Kier molecular flexibility index (Phi) is 4.73. The maximum absolute atomic E-state index is 11.5. The van der Waals surface area contributed by atoms with Gasteiger partial charge in [0.25, 0.3) is 0 Å². The van der Waals surface area contributed by atoms with E-state index in [9.17, 15) is 13.2 Å². The third-order valence-electron chi connectivity index (χ3n) is 2.70. The predicted octanol–water partition coefficient (Wildman–Crippen LogP) is -0.478. The van der Waals surface area contributed by atoms with Gasteiger partial charge in [-0.05, 0) is 18.8 Å². The number of hydrogen-bond donors (Lipinski definition) is 2. The summed E-state index contributed by atoms with van der Waals surface area (Å²) < 4.78 is 23.1. The van der Waals surface area contributed by atoms with E-state index in [2.05, 4.69) is 5.32 Å². The molecule has 1 saturated carbocycles. The molecule has 0 bridgehead atoms. The maximum Gasteiger partial charge on any atom is 0.224 e. The Morgan fingerprint density at radius 3 is 2.62 bits per heavy atom. The average molecular weight is 248 g/mol. The molecule has 0 aliphatic heterocycles. The Balaban J connectivity index is 2.21. The van der Waals surface area contributed by atoms with Crippen molar-refractivity contribution < 1.29 is 13.2 Å². The number of amides is 1. The van der Waals surface area contributed by atoms with Gasteiger partial charge in [-0.25, -0.2) is 8.42 Å². The van der Waals surface area contributed by atoms with E-state index in [4.69, 9.17) is 5.73 Å². The molecule has 16 heavy (non-hydrogen) atoms. The van der Waals surface area contributed by atoms with Gasteiger partial charge in [-0.15, -0.1) is 0 Å². The van der Waals surface area contributed by atoms with Crippen molar-refractivity contribution in [1.29, 1.82) is 0 Å². The molecule has 0 saturated heterocycles. The summed E-state index contributed by atoms with van der Waals surface area (Å²) >= 11 is 0. The number of carbonyl (C=O) groups excluding carboxylic acids is 1. The van der Waals surface area contributed by atoms with Gasteiger partial charge in [0, 0.05) is 19.0 Å². The van der Waals surface area contributed by atoms with Crippen molar-refractivity contribution >= 4 is 15.7 Å². The van der Waals surface area contributed by atoms with Crippen LogP contribution in [-0.2, 0) is 14.6 Å². The monoisotopic (exact) mass is 248 g/mol. The fraction of sp³-hybridized carbons (Fsp3) is 0.900. The van der Waals surface area contributed by atoms with Crippen LogP contribution in [0, 0.1) is 11.8 Å². The Bertz CT molecular complexity index is 336. The first-order valence-electron chi connectivity index (χ1n) is 5.63. The van der Waals surface area contributed by atoms with Crippen LogP contribution in [0.4, 0.5) is 0 Å². The molecule has 0 aromatic heterocycles. The van der Waals surface area contributed by atoms with Crippen molar-refractivity contribution in [3.8, 4) is 0 Å². The summed E-state index contributed by atoms with van der Waals surface area (Å²) in [5, 5.41) is 2.59. The van der Waals surface area contributed by atoms with Crippen LogP contribution in [0.1, 0.15) is 19.8 Å². The molecule has 0 spiro atoms. The molecule has 0 aromatic rings. The van der Waals surface area contributed by atoms with E-state index in [0.29, 0.717) is 5.92 Å². The van der Waals surface area contributed by atoms with Gasteiger partial charge in [-0.1, -0.05) is 6.92 Å². The molecular formula is C10H20N2O3S. The molecule has 1 rings (SSSR count). The first kappa shape index (κ1) is 13.4. The number of nitrogens with one attached hydrogen (secondary N) is 1. The van der Waals surface area contributed by atoms with Crippen LogP contribution < -0.4 is 11.1 Å². The van der Waals surface area contributed by atoms with Gasteiger partial charge in [-0.3, -0.25) is 4.79 Å². The van der Waals surface area contributed by atoms with Crippen LogP contribution in [0.15, 0.2) is 0 Å². The molecule has 1 amide bonds. The average Bonchev–Trinajstić information content (AvgIpc) is 2.99. The van der Waals surface area contributed by atoms with E-state index in [0.717, 1.165) is 12.8 Å². The van der Waals surface area contributed by atoms with Crippen LogP contribution in [0.2, 0.25) is 0 Å². The fourth-order valence-corrected chi connectivity index (χ4v) is 2.97. The Labute approximate surface area is 96.7 Å². The molecule has 94 valence electrons. The Morgan fingerprint density at radius 1 is 1.50 bits per heavy atom. The molecule has 3 N–H and O–H groups in total. The largest absolute Gasteiger partial charge is 0.355 e. The minimum atomic E-state index is -2.99. The predicted molar refractivity (Wildman–Crippen MR) is 62.6 cm³/mol. The smallest absolute Gasteiger partial charge is 0.224 e. The summed E-state index contributed by atoms with van der Waals surface area (Å²) in [5.41, 5.74) is 5.33. The second kappa shape index (κ2) is 5.63. The van der Waals surface area contributed by atoms with Gasteiger partial charge in [0.1, 0.15) is 0 Å². The first-order valence-corrected chi connectivity index (χ1v) is 7.45. The zero-order chi connectivity index (χ0) is 12.2. The molecule has 1 aliphatic carbocycles. The van der Waals surface area contributed by atoms with E-state index in [1.807, 2.05) is 0 Å². The van der Waals surface area contributed by atoms with Crippen molar-refractivity contribution in [2.45, 2.75) is 19.8 Å². The zero-order valence-electron chi connectivity index (χ0n) is 9.61. The van der Waals surface area contributed by atoms with Gasteiger partial charge in [0.05, 0.1) is 11.5 Å². The van der Waals surface area contributed by atoms with Crippen molar-refractivity contribution in [3.63, 3.8) is 0 Å². The van der Waals surface area contributed by atoms with Gasteiger partial charge in [0.2, 0.25) is 5.91 Å². The SMILES string of the molecule is CC(CN)C(=O)NCCS(=O)(=O)CC1CC1. The summed E-state index contributed by atoms with van der Waals surface area (Å²) in [6, 6.07) is 0. The van der Waals surface area contributed by atoms with Crippen LogP contribution in [0.3, 0.4) is 0 Å². The molecule has 6 heteroatoms. The molecule has 0 heterocycles. The Morgan fingerprint density at radius 2 is 2.12 bits per heavy atom. The van der Waals surface area contributed by atoms with Gasteiger partial charge in [0.15, 0.2) is 9.84 Å². The highest BCUT2D eigenvalue weighted by atomic mass is 32.2. The third kappa shape index (κ3) is 4.94. The van der Waals surface area contributed by atoms with Crippen molar-refractivity contribution in [2.24, 2.45) is 17.6 Å². The van der Waals surface area contributed by atoms with Crippen molar-refractivity contribution in [3.05, 3.63) is 0 Å². The summed E-state index contributed by atoms with van der Waals surface area (Å²) in [5.74, 6) is 0.237. The lowest BCUT2D eigenvalue weighted by Crippen LogP contribution is -2.36. The van der Waals surface area contributed by atoms with Crippen molar-refractivity contribution in [1.82, 2.24) is 5.32 Å². The quantitative estimate of drug-likeness (QED) is 0.637. The number of hydrogen-bond acceptors (Lipinski definition) is 4. The van der Waals surface area contributed by atoms with Crippen LogP contribution in [0.25, 0.3) is 0 Å². The van der Waals surface area contributed by atoms with E-state index in [-0.39, 0.29) is 36.4 Å². The lowest BCUT2D eigenvalue weighted by molar-refractivity contribution is -0.124. The van der Waals surface area contributed by atoms with Gasteiger partial charge < -0.3 is 11.1 Å². The molecule has 1 atom stereocenters. The molecule has 0 aromatic carbocycles. The number of rotatable bonds is 7. The number of sulfone groups is 1. The Hall–Kier alpha value is -0.620. The second-order valence-electron chi connectivity index (χ2n) is 4.49. The lowest BCUT2D eigenvalue weighted by Gasteiger charge is -2.09. The molecular weight excluding hydrogens is 228 g/mol. The standard InChI is InChI=1S/C10H20N2O3S/c1-8(6-11)10(13)12-4-5-16(14,15)7-9-2-3-9/h8-9H,2-7,11H2,1H3,(H,12,13). The van der Waals surface area contributed by atoms with E-state index < -0.39 is 9.84 Å². The first-order chi connectivity index (χ1) is 7.44. The molecule has 1 aliphatic rings. The highest BCUT2D eigenvalue weighted by Crippen LogP contribution is 2.30. The molecule has 0 radical (unpaired) electrons. The normalized spacial score (nSPS) is 18.1. The third-order valence-corrected chi connectivity index (χ3v) is 4.51. The summed E-state index contributed by atoms with van der Waals surface area (Å²) in [4.78, 5) is 11.3. The zero-order valence-corrected chi connectivity index (χ0v) is 10.4. The van der Waals surface area contributed by atoms with Crippen LogP contribution in [0.5, 0.6) is 0 Å². The van der Waals surface area contributed by atoms with E-state index in [1.165, 1.54) is 0 Å². The lowest BCUT2D eigenvalue weighted by atomic mass is 10.2. The number of nitrogens with two attached hydrogens (primary N) is 1. The van der Waals surface area contributed by atoms with Crippen LogP contribution in [-0.4, -0.2) is 38.9 Å². The summed E-state index contributed by atoms with van der Waals surface area (Å²) in [7, 11) is -2.99. The van der Waals surface area contributed by atoms with E-state index >= 15 is 0 Å². The highest BCUT2D eigenvalue weighted by Gasteiger charge is 2.27. The highest BCUT2D eigenvalue weighted by molar-refractivity contribution is 7.91. The maximum atomic E-state index is 11.5. The number of carbonyl (C=O) groups is 1. The van der Waals surface area contributed by atoms with Crippen LogP contribution >= 0.6 is 0 Å². The van der Waals surface area contributed by atoms with Gasteiger partial charge in [-0.2, -0.15) is 0 Å². The van der Waals surface area contributed by atoms with Gasteiger partial charge >= 0.3 is 0 Å².